The second-order valence-electron chi connectivity index (χ2n) is 2.78. The van der Waals surface area contributed by atoms with Crippen molar-refractivity contribution < 1.29 is 0 Å². The van der Waals surface area contributed by atoms with E-state index in [9.17, 15) is 0 Å². The summed E-state index contributed by atoms with van der Waals surface area (Å²) in [6.07, 6.45) is 0.458. The summed E-state index contributed by atoms with van der Waals surface area (Å²) in [4.78, 5) is 0. The minimum atomic E-state index is -1.19. The minimum absolute atomic E-state index is 0.458. The van der Waals surface area contributed by atoms with Gasteiger partial charge in [-0.25, -0.2) is 0 Å². The van der Waals surface area contributed by atoms with Crippen molar-refractivity contribution in [3.8, 4) is 0 Å². The van der Waals surface area contributed by atoms with Crippen molar-refractivity contribution in [1.82, 2.24) is 0 Å². The number of rotatable bonds is 1. The number of hydrogen-bond acceptors (Lipinski definition) is 0. The van der Waals surface area contributed by atoms with Crippen LogP contribution in [0.1, 0.15) is 11.1 Å². The molecule has 66 valence electrons. The van der Waals surface area contributed by atoms with Crippen LogP contribution in [0.15, 0.2) is 24.3 Å². The van der Waals surface area contributed by atoms with Crippen LogP contribution >= 0.6 is 34.8 Å². The predicted octanol–water partition coefficient (Wildman–Crippen LogP) is 3.91. The van der Waals surface area contributed by atoms with Gasteiger partial charge in [0.25, 0.3) is 0 Å². The van der Waals surface area contributed by atoms with Gasteiger partial charge in [-0.3, -0.25) is 0 Å². The van der Waals surface area contributed by atoms with Crippen molar-refractivity contribution >= 4 is 34.8 Å². The molecular formula is C9H9Cl3. The molecule has 0 spiro atoms. The lowest BCUT2D eigenvalue weighted by atomic mass is 10.1. The molecule has 0 heterocycles. The van der Waals surface area contributed by atoms with Crippen molar-refractivity contribution in [3.05, 3.63) is 35.4 Å². The Bertz CT molecular complexity index is 263. The van der Waals surface area contributed by atoms with E-state index in [1.165, 1.54) is 5.56 Å². The van der Waals surface area contributed by atoms with Crippen LogP contribution in [0.3, 0.4) is 0 Å². The number of benzene rings is 1. The Morgan fingerprint density at radius 2 is 1.92 bits per heavy atom. The summed E-state index contributed by atoms with van der Waals surface area (Å²) in [6.45, 7) is 2.02. The average Bonchev–Trinajstić information content (AvgIpc) is 1.82. The molecule has 0 aromatic heterocycles. The van der Waals surface area contributed by atoms with E-state index in [2.05, 4.69) is 0 Å². The highest BCUT2D eigenvalue weighted by molar-refractivity contribution is 6.67. The van der Waals surface area contributed by atoms with Gasteiger partial charge in [-0.15, -0.1) is 0 Å². The SMILES string of the molecule is Cc1cccc(CC(Cl)(Cl)Cl)c1. The lowest BCUT2D eigenvalue weighted by molar-refractivity contribution is 1.02. The summed E-state index contributed by atoms with van der Waals surface area (Å²) in [7, 11) is 0. The first-order chi connectivity index (χ1) is 5.47. The van der Waals surface area contributed by atoms with Crippen LogP contribution in [0.4, 0.5) is 0 Å². The molecule has 0 saturated carbocycles. The third-order valence-corrected chi connectivity index (χ3v) is 1.89. The van der Waals surface area contributed by atoms with E-state index in [1.54, 1.807) is 0 Å². The Balaban J connectivity index is 2.77. The summed E-state index contributed by atoms with van der Waals surface area (Å²) < 4.78 is -1.19. The first kappa shape index (κ1) is 10.2. The summed E-state index contributed by atoms with van der Waals surface area (Å²) in [5, 5.41) is 0. The normalized spacial score (nSPS) is 11.7. The highest BCUT2D eigenvalue weighted by Gasteiger charge is 2.19. The highest BCUT2D eigenvalue weighted by Crippen LogP contribution is 2.30. The van der Waals surface area contributed by atoms with Crippen LogP contribution in [0.25, 0.3) is 0 Å². The van der Waals surface area contributed by atoms with Gasteiger partial charge in [0.15, 0.2) is 3.79 Å². The molecule has 0 fully saturated rings. The fraction of sp³-hybridized carbons (Fsp3) is 0.333. The lowest BCUT2D eigenvalue weighted by Crippen LogP contribution is -2.06. The highest BCUT2D eigenvalue weighted by atomic mass is 35.6. The van der Waals surface area contributed by atoms with Gasteiger partial charge >= 0.3 is 0 Å². The first-order valence-corrected chi connectivity index (χ1v) is 4.73. The van der Waals surface area contributed by atoms with Crippen molar-refractivity contribution in [2.75, 3.05) is 0 Å². The number of alkyl halides is 3. The quantitative estimate of drug-likeness (QED) is 0.633. The van der Waals surface area contributed by atoms with Crippen molar-refractivity contribution in [2.24, 2.45) is 0 Å². The average molecular weight is 224 g/mol. The topological polar surface area (TPSA) is 0 Å². The second kappa shape index (κ2) is 3.87. The van der Waals surface area contributed by atoms with E-state index in [1.807, 2.05) is 31.2 Å². The molecule has 0 unspecified atom stereocenters. The Labute approximate surface area is 87.4 Å². The van der Waals surface area contributed by atoms with E-state index in [0.29, 0.717) is 6.42 Å². The summed E-state index contributed by atoms with van der Waals surface area (Å²) in [6, 6.07) is 7.94. The maximum atomic E-state index is 5.65. The fourth-order valence-corrected chi connectivity index (χ4v) is 1.52. The van der Waals surface area contributed by atoms with Crippen LogP contribution in [0.5, 0.6) is 0 Å². The lowest BCUT2D eigenvalue weighted by Gasteiger charge is -2.10. The van der Waals surface area contributed by atoms with Crippen molar-refractivity contribution in [2.45, 2.75) is 17.1 Å². The Kier molecular flexibility index (Phi) is 3.28. The van der Waals surface area contributed by atoms with Gasteiger partial charge in [0.1, 0.15) is 0 Å². The minimum Gasteiger partial charge on any atom is -0.0833 e. The molecule has 0 nitrogen and oxygen atoms in total. The van der Waals surface area contributed by atoms with Gasteiger partial charge in [0.05, 0.1) is 0 Å². The smallest absolute Gasteiger partial charge is 0.0833 e. The Morgan fingerprint density at radius 3 is 2.42 bits per heavy atom. The predicted molar refractivity (Wildman–Crippen MR) is 55.2 cm³/mol. The molecule has 0 radical (unpaired) electrons. The fourth-order valence-electron chi connectivity index (χ4n) is 1.05. The molecule has 1 rings (SSSR count). The molecule has 0 bridgehead atoms. The summed E-state index contributed by atoms with van der Waals surface area (Å²) >= 11 is 17.0. The molecular weight excluding hydrogens is 214 g/mol. The number of hydrogen-bond donors (Lipinski definition) is 0. The monoisotopic (exact) mass is 222 g/mol. The second-order valence-corrected chi connectivity index (χ2v) is 5.30. The van der Waals surface area contributed by atoms with E-state index >= 15 is 0 Å². The van der Waals surface area contributed by atoms with Gasteiger partial charge in [0, 0.05) is 6.42 Å². The molecule has 1 aromatic rings. The van der Waals surface area contributed by atoms with Gasteiger partial charge < -0.3 is 0 Å². The van der Waals surface area contributed by atoms with Gasteiger partial charge in [0.2, 0.25) is 0 Å². The third kappa shape index (κ3) is 3.66. The number of aryl methyl sites for hydroxylation is 1. The van der Waals surface area contributed by atoms with Crippen molar-refractivity contribution in [1.29, 1.82) is 0 Å². The molecule has 3 heteroatoms. The van der Waals surface area contributed by atoms with Crippen LogP contribution in [0.2, 0.25) is 0 Å². The molecule has 1 aromatic carbocycles. The van der Waals surface area contributed by atoms with Gasteiger partial charge in [-0.1, -0.05) is 64.6 Å². The first-order valence-electron chi connectivity index (χ1n) is 3.60. The van der Waals surface area contributed by atoms with Crippen LogP contribution in [0, 0.1) is 6.92 Å². The van der Waals surface area contributed by atoms with E-state index in [0.717, 1.165) is 5.56 Å². The van der Waals surface area contributed by atoms with Crippen LogP contribution in [-0.4, -0.2) is 3.79 Å². The largest absolute Gasteiger partial charge is 0.194 e. The zero-order valence-electron chi connectivity index (χ0n) is 6.65. The molecule has 0 saturated heterocycles. The van der Waals surface area contributed by atoms with E-state index in [-0.39, 0.29) is 0 Å². The van der Waals surface area contributed by atoms with Gasteiger partial charge in [-0.05, 0) is 12.5 Å². The van der Waals surface area contributed by atoms with Crippen molar-refractivity contribution in [3.63, 3.8) is 0 Å². The molecule has 0 atom stereocenters. The van der Waals surface area contributed by atoms with E-state index in [4.69, 9.17) is 34.8 Å². The maximum Gasteiger partial charge on any atom is 0.194 e. The molecule has 0 aliphatic carbocycles. The zero-order valence-corrected chi connectivity index (χ0v) is 8.92. The molecule has 0 N–H and O–H groups in total. The Hall–Kier alpha value is 0.0900. The molecule has 12 heavy (non-hydrogen) atoms. The summed E-state index contributed by atoms with van der Waals surface area (Å²) in [5.41, 5.74) is 2.23. The van der Waals surface area contributed by atoms with Crippen LogP contribution in [-0.2, 0) is 6.42 Å². The molecule has 0 aliphatic heterocycles. The van der Waals surface area contributed by atoms with Gasteiger partial charge in [-0.2, -0.15) is 0 Å². The molecule has 0 amide bonds. The molecule has 0 aliphatic rings. The third-order valence-electron chi connectivity index (χ3n) is 1.49. The van der Waals surface area contributed by atoms with E-state index < -0.39 is 3.79 Å². The Morgan fingerprint density at radius 1 is 1.25 bits per heavy atom. The zero-order chi connectivity index (χ0) is 9.19. The maximum absolute atomic E-state index is 5.65. The van der Waals surface area contributed by atoms with Crippen LogP contribution < -0.4 is 0 Å². The number of halogens is 3. The summed E-state index contributed by atoms with van der Waals surface area (Å²) in [5.74, 6) is 0. The standard InChI is InChI=1S/C9H9Cl3/c1-7-3-2-4-8(5-7)6-9(10,11)12/h2-5H,6H2,1H3.